The number of nitrogens with zero attached hydrogens (tertiary/aromatic N) is 2. The van der Waals surface area contributed by atoms with Crippen LogP contribution in [0.25, 0.3) is 0 Å². The monoisotopic (exact) mass is 360 g/mol. The highest BCUT2D eigenvalue weighted by Crippen LogP contribution is 2.18. The van der Waals surface area contributed by atoms with Crippen molar-refractivity contribution in [1.82, 2.24) is 9.21 Å². The van der Waals surface area contributed by atoms with Gasteiger partial charge in [-0.1, -0.05) is 33.6 Å². The van der Waals surface area contributed by atoms with E-state index >= 15 is 0 Å². The molecule has 0 aliphatic carbocycles. The Kier molecular flexibility index (Phi) is 5.60. The molecule has 0 spiro atoms. The zero-order chi connectivity index (χ0) is 14.6. The fourth-order valence-corrected chi connectivity index (χ4v) is 4.36. The number of sulfonamides is 1. The van der Waals surface area contributed by atoms with Crippen LogP contribution in [0.15, 0.2) is 29.2 Å². The van der Waals surface area contributed by atoms with Crippen LogP contribution in [-0.4, -0.2) is 55.7 Å². The van der Waals surface area contributed by atoms with Crippen molar-refractivity contribution in [1.29, 1.82) is 0 Å². The zero-order valence-corrected chi connectivity index (χ0v) is 14.2. The van der Waals surface area contributed by atoms with Gasteiger partial charge in [0.1, 0.15) is 0 Å². The number of aryl methyl sites for hydroxylation is 1. The third kappa shape index (κ3) is 3.81. The Labute approximate surface area is 129 Å². The van der Waals surface area contributed by atoms with Gasteiger partial charge in [0.25, 0.3) is 0 Å². The van der Waals surface area contributed by atoms with Crippen molar-refractivity contribution >= 4 is 26.0 Å². The SMILES string of the molecule is Cc1ccc(S(=O)(=O)N2CCCN(CCBr)CC2)cc1. The molecule has 112 valence electrons. The quantitative estimate of drug-likeness (QED) is 0.771. The summed E-state index contributed by atoms with van der Waals surface area (Å²) in [5.41, 5.74) is 1.07. The standard InChI is InChI=1S/C14H21BrN2O2S/c1-13-3-5-14(6-4-13)20(18,19)17-9-2-8-16(10-7-15)11-12-17/h3-6H,2,7-12H2,1H3. The molecule has 20 heavy (non-hydrogen) atoms. The van der Waals surface area contributed by atoms with Crippen LogP contribution >= 0.6 is 15.9 Å². The van der Waals surface area contributed by atoms with E-state index in [0.29, 0.717) is 18.0 Å². The molecule has 0 N–H and O–H groups in total. The van der Waals surface area contributed by atoms with E-state index in [1.165, 1.54) is 0 Å². The molecule has 0 amide bonds. The van der Waals surface area contributed by atoms with E-state index in [0.717, 1.165) is 36.9 Å². The second-order valence-corrected chi connectivity index (χ2v) is 7.83. The van der Waals surface area contributed by atoms with Crippen LogP contribution in [0.1, 0.15) is 12.0 Å². The van der Waals surface area contributed by atoms with Crippen LogP contribution in [0.4, 0.5) is 0 Å². The molecule has 1 saturated heterocycles. The number of hydrogen-bond donors (Lipinski definition) is 0. The van der Waals surface area contributed by atoms with Crippen LogP contribution in [0.3, 0.4) is 0 Å². The second kappa shape index (κ2) is 7.02. The first-order valence-corrected chi connectivity index (χ1v) is 9.45. The minimum absolute atomic E-state index is 0.400. The van der Waals surface area contributed by atoms with Gasteiger partial charge in [-0.3, -0.25) is 0 Å². The van der Waals surface area contributed by atoms with Crippen LogP contribution in [-0.2, 0) is 10.0 Å². The fourth-order valence-electron chi connectivity index (χ4n) is 2.39. The van der Waals surface area contributed by atoms with Gasteiger partial charge in [0.15, 0.2) is 0 Å². The molecular weight excluding hydrogens is 340 g/mol. The Morgan fingerprint density at radius 1 is 1.10 bits per heavy atom. The smallest absolute Gasteiger partial charge is 0.243 e. The molecule has 6 heteroatoms. The maximum Gasteiger partial charge on any atom is 0.243 e. The molecule has 0 unspecified atom stereocenters. The van der Waals surface area contributed by atoms with Gasteiger partial charge in [-0.25, -0.2) is 8.42 Å². The van der Waals surface area contributed by atoms with E-state index < -0.39 is 10.0 Å². The average molecular weight is 361 g/mol. The maximum atomic E-state index is 12.6. The molecule has 2 rings (SSSR count). The van der Waals surface area contributed by atoms with Crippen molar-refractivity contribution in [3.05, 3.63) is 29.8 Å². The lowest BCUT2D eigenvalue weighted by atomic mass is 10.2. The van der Waals surface area contributed by atoms with Crippen LogP contribution < -0.4 is 0 Å². The molecule has 0 saturated carbocycles. The summed E-state index contributed by atoms with van der Waals surface area (Å²) >= 11 is 3.43. The third-order valence-electron chi connectivity index (χ3n) is 3.61. The highest BCUT2D eigenvalue weighted by molar-refractivity contribution is 9.09. The summed E-state index contributed by atoms with van der Waals surface area (Å²) in [5, 5.41) is 0.928. The van der Waals surface area contributed by atoms with Gasteiger partial charge >= 0.3 is 0 Å². The lowest BCUT2D eigenvalue weighted by Gasteiger charge is -2.21. The molecule has 4 nitrogen and oxygen atoms in total. The van der Waals surface area contributed by atoms with E-state index in [-0.39, 0.29) is 0 Å². The molecule has 1 aliphatic heterocycles. The van der Waals surface area contributed by atoms with Crippen LogP contribution in [0, 0.1) is 6.92 Å². The Morgan fingerprint density at radius 3 is 2.45 bits per heavy atom. The number of benzene rings is 1. The van der Waals surface area contributed by atoms with Gasteiger partial charge in [0.2, 0.25) is 10.0 Å². The lowest BCUT2D eigenvalue weighted by Crippen LogP contribution is -2.35. The van der Waals surface area contributed by atoms with Crippen molar-refractivity contribution in [3.63, 3.8) is 0 Å². The van der Waals surface area contributed by atoms with E-state index in [1.807, 2.05) is 19.1 Å². The topological polar surface area (TPSA) is 40.6 Å². The van der Waals surface area contributed by atoms with E-state index in [1.54, 1.807) is 16.4 Å². The van der Waals surface area contributed by atoms with E-state index in [4.69, 9.17) is 0 Å². The largest absolute Gasteiger partial charge is 0.301 e. The predicted molar refractivity (Wildman–Crippen MR) is 84.8 cm³/mol. The van der Waals surface area contributed by atoms with Crippen molar-refractivity contribution in [2.75, 3.05) is 38.1 Å². The molecule has 1 aromatic rings. The van der Waals surface area contributed by atoms with Gasteiger partial charge in [0.05, 0.1) is 4.90 Å². The Bertz CT molecular complexity index is 531. The fraction of sp³-hybridized carbons (Fsp3) is 0.571. The Balaban J connectivity index is 2.11. The highest BCUT2D eigenvalue weighted by Gasteiger charge is 2.26. The molecule has 1 heterocycles. The van der Waals surface area contributed by atoms with Crippen molar-refractivity contribution in [2.45, 2.75) is 18.2 Å². The first kappa shape index (κ1) is 15.9. The minimum atomic E-state index is -3.35. The molecule has 0 radical (unpaired) electrons. The van der Waals surface area contributed by atoms with E-state index in [2.05, 4.69) is 20.8 Å². The van der Waals surface area contributed by atoms with Crippen molar-refractivity contribution < 1.29 is 8.42 Å². The van der Waals surface area contributed by atoms with Crippen LogP contribution in [0.2, 0.25) is 0 Å². The van der Waals surface area contributed by atoms with Crippen LogP contribution in [0.5, 0.6) is 0 Å². The predicted octanol–water partition coefficient (Wildman–Crippen LogP) is 2.09. The second-order valence-electron chi connectivity index (χ2n) is 5.10. The maximum absolute atomic E-state index is 12.6. The summed E-state index contributed by atoms with van der Waals surface area (Å²) in [6.07, 6.45) is 0.887. The Morgan fingerprint density at radius 2 is 1.80 bits per heavy atom. The van der Waals surface area contributed by atoms with Gasteiger partial charge in [-0.15, -0.1) is 0 Å². The summed E-state index contributed by atoms with van der Waals surface area (Å²) in [6.45, 7) is 5.87. The van der Waals surface area contributed by atoms with Crippen molar-refractivity contribution in [3.8, 4) is 0 Å². The van der Waals surface area contributed by atoms with E-state index in [9.17, 15) is 8.42 Å². The normalized spacial score (nSPS) is 18.9. The lowest BCUT2D eigenvalue weighted by molar-refractivity contribution is 0.305. The summed E-state index contributed by atoms with van der Waals surface area (Å²) in [4.78, 5) is 2.71. The number of rotatable bonds is 4. The highest BCUT2D eigenvalue weighted by atomic mass is 79.9. The average Bonchev–Trinajstić information content (AvgIpc) is 2.66. The third-order valence-corrected chi connectivity index (χ3v) is 5.87. The summed E-state index contributed by atoms with van der Waals surface area (Å²) in [7, 11) is -3.35. The summed E-state index contributed by atoms with van der Waals surface area (Å²) in [5.74, 6) is 0. The number of hydrogen-bond acceptors (Lipinski definition) is 3. The molecule has 1 aliphatic rings. The summed E-state index contributed by atoms with van der Waals surface area (Å²) in [6, 6.07) is 7.10. The van der Waals surface area contributed by atoms with Gasteiger partial charge in [0, 0.05) is 31.5 Å². The molecule has 0 aromatic heterocycles. The minimum Gasteiger partial charge on any atom is -0.301 e. The summed E-state index contributed by atoms with van der Waals surface area (Å²) < 4.78 is 26.8. The number of halogens is 1. The molecular formula is C14H21BrN2O2S. The first-order valence-electron chi connectivity index (χ1n) is 6.89. The molecule has 1 fully saturated rings. The van der Waals surface area contributed by atoms with Gasteiger partial charge < -0.3 is 4.90 Å². The van der Waals surface area contributed by atoms with Gasteiger partial charge in [-0.05, 0) is 32.0 Å². The molecule has 0 atom stereocenters. The van der Waals surface area contributed by atoms with Gasteiger partial charge in [-0.2, -0.15) is 4.31 Å². The molecule has 0 bridgehead atoms. The Hall–Kier alpha value is -0.430. The first-order chi connectivity index (χ1) is 9.54. The molecule has 1 aromatic carbocycles. The van der Waals surface area contributed by atoms with Crippen molar-refractivity contribution in [2.24, 2.45) is 0 Å². The number of alkyl halides is 1. The zero-order valence-electron chi connectivity index (χ0n) is 11.8.